The van der Waals surface area contributed by atoms with Crippen LogP contribution in [0.5, 0.6) is 0 Å². The monoisotopic (exact) mass is 294 g/mol. The molecule has 0 atom stereocenters. The van der Waals surface area contributed by atoms with E-state index in [0.29, 0.717) is 0 Å². The summed E-state index contributed by atoms with van der Waals surface area (Å²) in [5.74, 6) is 0. The maximum Gasteiger partial charge on any atom is 0.241 e. The largest absolute Gasteiger partial charge is 0.394 e. The Labute approximate surface area is 111 Å². The number of hydrogen-bond acceptors (Lipinski definition) is 5. The van der Waals surface area contributed by atoms with Crippen LogP contribution >= 0.6 is 11.6 Å². The number of nitrogens with zero attached hydrogens (tertiary/aromatic N) is 1. The molecule has 8 heteroatoms. The lowest BCUT2D eigenvalue weighted by Crippen LogP contribution is -2.53. The molecular formula is C10H15ClN2O4S. The quantitative estimate of drug-likeness (QED) is 0.649. The van der Waals surface area contributed by atoms with Crippen LogP contribution in [0.2, 0.25) is 5.15 Å². The summed E-state index contributed by atoms with van der Waals surface area (Å²) < 4.78 is 26.4. The SMILES string of the molecule is CCC(CO)(CO)NS(=O)(=O)c1ccnc(Cl)c1. The van der Waals surface area contributed by atoms with E-state index < -0.39 is 28.8 Å². The normalized spacial score (nSPS) is 12.7. The number of halogens is 1. The van der Waals surface area contributed by atoms with Gasteiger partial charge < -0.3 is 10.2 Å². The zero-order chi connectivity index (χ0) is 13.8. The predicted octanol–water partition coefficient (Wildman–Crippen LogP) is 0.147. The molecule has 1 aromatic heterocycles. The first kappa shape index (κ1) is 15.3. The molecule has 1 aromatic rings. The van der Waals surface area contributed by atoms with Gasteiger partial charge in [0.15, 0.2) is 0 Å². The highest BCUT2D eigenvalue weighted by atomic mass is 35.5. The van der Waals surface area contributed by atoms with Crippen molar-refractivity contribution in [3.8, 4) is 0 Å². The maximum absolute atomic E-state index is 12.1. The van der Waals surface area contributed by atoms with Crippen LogP contribution in [-0.2, 0) is 10.0 Å². The van der Waals surface area contributed by atoms with Gasteiger partial charge in [-0.15, -0.1) is 0 Å². The summed E-state index contributed by atoms with van der Waals surface area (Å²) >= 11 is 5.62. The van der Waals surface area contributed by atoms with Gasteiger partial charge in [-0.3, -0.25) is 0 Å². The highest BCUT2D eigenvalue weighted by molar-refractivity contribution is 7.89. The predicted molar refractivity (Wildman–Crippen MR) is 66.8 cm³/mol. The Balaban J connectivity index is 3.08. The minimum Gasteiger partial charge on any atom is -0.394 e. The average Bonchev–Trinajstić information content (AvgIpc) is 2.36. The van der Waals surface area contributed by atoms with Crippen LogP contribution in [0.15, 0.2) is 23.2 Å². The Morgan fingerprint density at radius 2 is 2.06 bits per heavy atom. The second kappa shape index (κ2) is 5.94. The molecule has 0 unspecified atom stereocenters. The van der Waals surface area contributed by atoms with E-state index in [9.17, 15) is 18.6 Å². The maximum atomic E-state index is 12.1. The number of rotatable bonds is 6. The van der Waals surface area contributed by atoms with Gasteiger partial charge >= 0.3 is 0 Å². The van der Waals surface area contributed by atoms with Crippen molar-refractivity contribution in [3.63, 3.8) is 0 Å². The first-order valence-electron chi connectivity index (χ1n) is 5.26. The number of sulfonamides is 1. The van der Waals surface area contributed by atoms with Gasteiger partial charge in [0.25, 0.3) is 0 Å². The minimum absolute atomic E-state index is 0.0490. The fourth-order valence-electron chi connectivity index (χ4n) is 1.31. The second-order valence-electron chi connectivity index (χ2n) is 3.87. The van der Waals surface area contributed by atoms with Crippen molar-refractivity contribution in [2.75, 3.05) is 13.2 Å². The summed E-state index contributed by atoms with van der Waals surface area (Å²) in [5.41, 5.74) is -1.28. The van der Waals surface area contributed by atoms with Gasteiger partial charge in [0.05, 0.1) is 23.6 Å². The third kappa shape index (κ3) is 3.39. The molecule has 0 saturated carbocycles. The molecule has 0 aromatic carbocycles. The molecule has 0 aliphatic heterocycles. The topological polar surface area (TPSA) is 99.5 Å². The van der Waals surface area contributed by atoms with Gasteiger partial charge in [0, 0.05) is 6.20 Å². The molecule has 0 aliphatic rings. The van der Waals surface area contributed by atoms with Crippen LogP contribution in [0.1, 0.15) is 13.3 Å². The van der Waals surface area contributed by atoms with E-state index in [2.05, 4.69) is 9.71 Å². The van der Waals surface area contributed by atoms with Crippen molar-refractivity contribution in [1.29, 1.82) is 0 Å². The van der Waals surface area contributed by atoms with Gasteiger partial charge in [-0.1, -0.05) is 18.5 Å². The Hall–Kier alpha value is -0.730. The lowest BCUT2D eigenvalue weighted by molar-refractivity contribution is 0.105. The molecule has 0 aliphatic carbocycles. The van der Waals surface area contributed by atoms with Crippen LogP contribution in [0, 0.1) is 0 Å². The van der Waals surface area contributed by atoms with Gasteiger partial charge in [0.2, 0.25) is 10.0 Å². The Kier molecular flexibility index (Phi) is 5.06. The summed E-state index contributed by atoms with van der Waals surface area (Å²) in [6.07, 6.45) is 1.51. The lowest BCUT2D eigenvalue weighted by atomic mass is 10.0. The molecule has 0 radical (unpaired) electrons. The molecule has 1 heterocycles. The molecule has 0 bridgehead atoms. The third-order valence-corrected chi connectivity index (χ3v) is 4.42. The number of aliphatic hydroxyl groups excluding tert-OH is 2. The van der Waals surface area contributed by atoms with Crippen LogP contribution < -0.4 is 4.72 Å². The number of nitrogens with one attached hydrogen (secondary N) is 1. The highest BCUT2D eigenvalue weighted by Crippen LogP contribution is 2.17. The van der Waals surface area contributed by atoms with E-state index in [4.69, 9.17) is 11.6 Å². The Morgan fingerprint density at radius 1 is 1.44 bits per heavy atom. The van der Waals surface area contributed by atoms with Crippen molar-refractivity contribution in [1.82, 2.24) is 9.71 Å². The van der Waals surface area contributed by atoms with Crippen LogP contribution in [0.3, 0.4) is 0 Å². The summed E-state index contributed by atoms with van der Waals surface area (Å²) in [5, 5.41) is 18.5. The summed E-state index contributed by atoms with van der Waals surface area (Å²) in [7, 11) is -3.87. The Bertz CT molecular complexity index is 494. The first-order chi connectivity index (χ1) is 8.39. The van der Waals surface area contributed by atoms with Crippen LogP contribution in [0.4, 0.5) is 0 Å². The number of aromatic nitrogens is 1. The van der Waals surface area contributed by atoms with Crippen LogP contribution in [0.25, 0.3) is 0 Å². The molecule has 0 fully saturated rings. The lowest BCUT2D eigenvalue weighted by Gasteiger charge is -2.29. The first-order valence-corrected chi connectivity index (χ1v) is 7.12. The second-order valence-corrected chi connectivity index (χ2v) is 5.94. The fraction of sp³-hybridized carbons (Fsp3) is 0.500. The smallest absolute Gasteiger partial charge is 0.241 e. The van der Waals surface area contributed by atoms with Crippen molar-refractivity contribution in [3.05, 3.63) is 23.5 Å². The van der Waals surface area contributed by atoms with Gasteiger partial charge in [-0.2, -0.15) is 0 Å². The molecule has 0 saturated heterocycles. The Morgan fingerprint density at radius 3 is 2.50 bits per heavy atom. The molecular weight excluding hydrogens is 280 g/mol. The van der Waals surface area contributed by atoms with E-state index in [-0.39, 0.29) is 16.5 Å². The number of aliphatic hydroxyl groups is 2. The number of hydrogen-bond donors (Lipinski definition) is 3. The highest BCUT2D eigenvalue weighted by Gasteiger charge is 2.32. The van der Waals surface area contributed by atoms with Gasteiger partial charge in [-0.25, -0.2) is 18.1 Å². The molecule has 0 spiro atoms. The summed E-state index contributed by atoms with van der Waals surface area (Å²) in [6.45, 7) is 0.657. The zero-order valence-corrected chi connectivity index (χ0v) is 11.4. The zero-order valence-electron chi connectivity index (χ0n) is 9.80. The van der Waals surface area contributed by atoms with Crippen LogP contribution in [-0.4, -0.2) is 42.4 Å². The molecule has 3 N–H and O–H groups in total. The van der Waals surface area contributed by atoms with Gasteiger partial charge in [-0.05, 0) is 18.6 Å². The van der Waals surface area contributed by atoms with Crippen molar-refractivity contribution in [2.45, 2.75) is 23.8 Å². The van der Waals surface area contributed by atoms with E-state index in [1.165, 1.54) is 18.3 Å². The average molecular weight is 295 g/mol. The fourth-order valence-corrected chi connectivity index (χ4v) is 3.01. The molecule has 102 valence electrons. The number of pyridine rings is 1. The summed E-state index contributed by atoms with van der Waals surface area (Å²) in [4.78, 5) is 3.62. The van der Waals surface area contributed by atoms with Crippen molar-refractivity contribution in [2.24, 2.45) is 0 Å². The van der Waals surface area contributed by atoms with Crippen molar-refractivity contribution >= 4 is 21.6 Å². The van der Waals surface area contributed by atoms with Crippen molar-refractivity contribution < 1.29 is 18.6 Å². The van der Waals surface area contributed by atoms with E-state index >= 15 is 0 Å². The molecule has 18 heavy (non-hydrogen) atoms. The summed E-state index contributed by atoms with van der Waals surface area (Å²) in [6, 6.07) is 2.47. The molecule has 0 amide bonds. The van der Waals surface area contributed by atoms with E-state index in [0.717, 1.165) is 0 Å². The molecule has 6 nitrogen and oxygen atoms in total. The standard InChI is InChI=1S/C10H15ClN2O4S/c1-2-10(6-14,7-15)13-18(16,17)8-3-4-12-9(11)5-8/h3-5,13-15H,2,6-7H2,1H3. The van der Waals surface area contributed by atoms with E-state index in [1.54, 1.807) is 6.92 Å². The minimum atomic E-state index is -3.87. The van der Waals surface area contributed by atoms with E-state index in [1.807, 2.05) is 0 Å². The molecule has 1 rings (SSSR count). The third-order valence-electron chi connectivity index (χ3n) is 2.64. The van der Waals surface area contributed by atoms with Gasteiger partial charge in [0.1, 0.15) is 5.15 Å².